The van der Waals surface area contributed by atoms with Gasteiger partial charge in [-0.15, -0.1) is 0 Å². The van der Waals surface area contributed by atoms with Crippen molar-refractivity contribution in [2.45, 2.75) is 38.5 Å². The van der Waals surface area contributed by atoms with Gasteiger partial charge in [0.25, 0.3) is 0 Å². The first-order valence-electron chi connectivity index (χ1n) is 3.00. The van der Waals surface area contributed by atoms with Crippen LogP contribution >= 0.6 is 0 Å². The summed E-state index contributed by atoms with van der Waals surface area (Å²) in [7, 11) is 0. The Bertz CT molecular complexity index is 28.5. The molecular formula is C6H12Cl3Mn. The molecule has 1 saturated carbocycles. The van der Waals surface area contributed by atoms with E-state index in [9.17, 15) is 0 Å². The minimum atomic E-state index is 0. The van der Waals surface area contributed by atoms with Gasteiger partial charge in [0.05, 0.1) is 0 Å². The largest absolute Gasteiger partial charge is 3.00 e. The smallest absolute Gasteiger partial charge is 1.00 e. The molecular weight excluding hydrogens is 233 g/mol. The van der Waals surface area contributed by atoms with E-state index < -0.39 is 0 Å². The molecule has 0 radical (unpaired) electrons. The van der Waals surface area contributed by atoms with Gasteiger partial charge in [0, 0.05) is 0 Å². The third-order valence-corrected chi connectivity index (χ3v) is 1.50. The van der Waals surface area contributed by atoms with Crippen molar-refractivity contribution in [3.05, 3.63) is 0 Å². The summed E-state index contributed by atoms with van der Waals surface area (Å²) in [6, 6.07) is 0. The fourth-order valence-corrected chi connectivity index (χ4v) is 1.06. The van der Waals surface area contributed by atoms with E-state index >= 15 is 0 Å². The average Bonchev–Trinajstić information content (AvgIpc) is 1.72. The molecule has 1 aliphatic carbocycles. The van der Waals surface area contributed by atoms with E-state index in [1.165, 1.54) is 38.5 Å². The predicted octanol–water partition coefficient (Wildman–Crippen LogP) is -6.65. The van der Waals surface area contributed by atoms with E-state index in [1.54, 1.807) is 0 Å². The number of hydrogen-bond donors (Lipinski definition) is 0. The molecule has 0 saturated heterocycles. The summed E-state index contributed by atoms with van der Waals surface area (Å²) in [5.41, 5.74) is 0. The van der Waals surface area contributed by atoms with Crippen LogP contribution in [0, 0.1) is 0 Å². The molecule has 0 spiro atoms. The number of hydrogen-bond acceptors (Lipinski definition) is 0. The van der Waals surface area contributed by atoms with Crippen LogP contribution in [0.15, 0.2) is 0 Å². The SMILES string of the molecule is C1CCCCC1.[Cl-].[Cl-].[Cl-].[Mn+3]. The summed E-state index contributed by atoms with van der Waals surface area (Å²) in [5.74, 6) is 0. The zero-order chi connectivity index (χ0) is 4.24. The first kappa shape index (κ1) is 22.5. The van der Waals surface area contributed by atoms with Crippen molar-refractivity contribution in [2.75, 3.05) is 0 Å². The third kappa shape index (κ3) is 12.1. The molecule has 0 aromatic heterocycles. The molecule has 0 aliphatic heterocycles. The summed E-state index contributed by atoms with van der Waals surface area (Å²) in [5, 5.41) is 0. The van der Waals surface area contributed by atoms with Gasteiger partial charge >= 0.3 is 17.1 Å². The van der Waals surface area contributed by atoms with Crippen LogP contribution in [0.4, 0.5) is 0 Å². The molecule has 0 bridgehead atoms. The third-order valence-electron chi connectivity index (χ3n) is 1.50. The zero-order valence-electron chi connectivity index (χ0n) is 5.75. The molecule has 10 heavy (non-hydrogen) atoms. The van der Waals surface area contributed by atoms with Crippen molar-refractivity contribution in [3.8, 4) is 0 Å². The summed E-state index contributed by atoms with van der Waals surface area (Å²) >= 11 is 0. The van der Waals surface area contributed by atoms with Crippen LogP contribution in [-0.2, 0) is 17.1 Å². The molecule has 0 unspecified atom stereocenters. The minimum Gasteiger partial charge on any atom is -1.00 e. The Kier molecular flexibility index (Phi) is 37.8. The fourth-order valence-electron chi connectivity index (χ4n) is 1.06. The van der Waals surface area contributed by atoms with Gasteiger partial charge < -0.3 is 37.2 Å². The van der Waals surface area contributed by atoms with Crippen LogP contribution in [0.25, 0.3) is 0 Å². The van der Waals surface area contributed by atoms with Crippen LogP contribution in [0.1, 0.15) is 38.5 Å². The van der Waals surface area contributed by atoms with Gasteiger partial charge in [0.1, 0.15) is 0 Å². The van der Waals surface area contributed by atoms with Crippen molar-refractivity contribution in [3.63, 3.8) is 0 Å². The maximum Gasteiger partial charge on any atom is 3.00 e. The van der Waals surface area contributed by atoms with Crippen LogP contribution in [-0.4, -0.2) is 0 Å². The maximum atomic E-state index is 1.50. The van der Waals surface area contributed by atoms with Crippen LogP contribution in [0.5, 0.6) is 0 Å². The van der Waals surface area contributed by atoms with Gasteiger partial charge in [0.15, 0.2) is 0 Å². The summed E-state index contributed by atoms with van der Waals surface area (Å²) in [4.78, 5) is 0. The zero-order valence-corrected chi connectivity index (χ0v) is 9.20. The van der Waals surface area contributed by atoms with E-state index in [0.717, 1.165) is 0 Å². The number of rotatable bonds is 0. The quantitative estimate of drug-likeness (QED) is 0.372. The standard InChI is InChI=1S/C6H12.3ClH.Mn/c1-2-4-6-5-3-1;;;;/h1-6H2;3*1H;/q;;;;+3/p-3. The molecule has 1 aliphatic rings. The minimum absolute atomic E-state index is 0. The molecule has 0 aromatic rings. The van der Waals surface area contributed by atoms with Gasteiger partial charge in [0.2, 0.25) is 0 Å². The summed E-state index contributed by atoms with van der Waals surface area (Å²) < 4.78 is 0. The molecule has 0 atom stereocenters. The topological polar surface area (TPSA) is 0 Å². The molecule has 0 N–H and O–H groups in total. The Morgan fingerprint density at radius 1 is 0.400 bits per heavy atom. The summed E-state index contributed by atoms with van der Waals surface area (Å²) in [6.07, 6.45) is 9.00. The van der Waals surface area contributed by atoms with E-state index in [0.29, 0.717) is 0 Å². The normalized spacial score (nSPS) is 14.4. The van der Waals surface area contributed by atoms with Crippen molar-refractivity contribution in [2.24, 2.45) is 0 Å². The molecule has 1 fully saturated rings. The number of halogens is 3. The summed E-state index contributed by atoms with van der Waals surface area (Å²) in [6.45, 7) is 0. The van der Waals surface area contributed by atoms with Crippen LogP contribution < -0.4 is 37.2 Å². The van der Waals surface area contributed by atoms with Crippen molar-refractivity contribution < 1.29 is 54.3 Å². The van der Waals surface area contributed by atoms with Crippen molar-refractivity contribution in [1.29, 1.82) is 0 Å². The predicted molar refractivity (Wildman–Crippen MR) is 27.7 cm³/mol. The Morgan fingerprint density at radius 3 is 0.600 bits per heavy atom. The van der Waals surface area contributed by atoms with Gasteiger partial charge in [-0.3, -0.25) is 0 Å². The first-order chi connectivity index (χ1) is 3.00. The monoisotopic (exact) mass is 244 g/mol. The molecule has 4 heteroatoms. The van der Waals surface area contributed by atoms with Gasteiger partial charge in [-0.25, -0.2) is 0 Å². The molecule has 1 rings (SSSR count). The van der Waals surface area contributed by atoms with Crippen molar-refractivity contribution >= 4 is 0 Å². The van der Waals surface area contributed by atoms with E-state index in [1.807, 2.05) is 0 Å². The molecule has 0 heterocycles. The first-order valence-corrected chi connectivity index (χ1v) is 3.00. The van der Waals surface area contributed by atoms with Crippen LogP contribution in [0.3, 0.4) is 0 Å². The van der Waals surface area contributed by atoms with Gasteiger partial charge in [-0.05, 0) is 0 Å². The fraction of sp³-hybridized carbons (Fsp3) is 1.00. The molecule has 0 nitrogen and oxygen atoms in total. The molecule has 0 amide bonds. The van der Waals surface area contributed by atoms with Crippen molar-refractivity contribution in [1.82, 2.24) is 0 Å². The second-order valence-corrected chi connectivity index (χ2v) is 2.12. The molecule has 0 aromatic carbocycles. The second kappa shape index (κ2) is 16.8. The average molecular weight is 245 g/mol. The second-order valence-electron chi connectivity index (χ2n) is 2.12. The Hall–Kier alpha value is 1.39. The van der Waals surface area contributed by atoms with E-state index in [-0.39, 0.29) is 54.3 Å². The van der Waals surface area contributed by atoms with Crippen LogP contribution in [0.2, 0.25) is 0 Å². The van der Waals surface area contributed by atoms with Gasteiger partial charge in [-0.2, -0.15) is 0 Å². The van der Waals surface area contributed by atoms with E-state index in [2.05, 4.69) is 0 Å². The maximum absolute atomic E-state index is 1.50. The Balaban J connectivity index is -0.0000000450. The molecule has 64 valence electrons. The van der Waals surface area contributed by atoms with E-state index in [4.69, 9.17) is 0 Å². The van der Waals surface area contributed by atoms with Gasteiger partial charge in [-0.1, -0.05) is 38.5 Å². The Morgan fingerprint density at radius 2 is 0.500 bits per heavy atom. The Labute approximate surface area is 92.6 Å².